The lowest BCUT2D eigenvalue weighted by Crippen LogP contribution is -2.21. The van der Waals surface area contributed by atoms with Gasteiger partial charge in [0.05, 0.1) is 17.5 Å². The summed E-state index contributed by atoms with van der Waals surface area (Å²) >= 11 is 1.62. The SMILES string of the molecule is OC1CCN(Cc2csc(-c3ccccn3)n2)C1. The minimum absolute atomic E-state index is 0.168. The highest BCUT2D eigenvalue weighted by atomic mass is 32.1. The molecule has 1 aliphatic heterocycles. The largest absolute Gasteiger partial charge is 0.392 e. The number of pyridine rings is 1. The van der Waals surface area contributed by atoms with Crippen molar-refractivity contribution in [1.82, 2.24) is 14.9 Å². The van der Waals surface area contributed by atoms with Crippen molar-refractivity contribution in [1.29, 1.82) is 0 Å². The van der Waals surface area contributed by atoms with Crippen molar-refractivity contribution in [2.45, 2.75) is 19.1 Å². The van der Waals surface area contributed by atoms with Crippen LogP contribution in [0, 0.1) is 0 Å². The Morgan fingerprint density at radius 1 is 1.44 bits per heavy atom. The lowest BCUT2D eigenvalue weighted by molar-refractivity contribution is 0.174. The van der Waals surface area contributed by atoms with Crippen molar-refractivity contribution in [3.8, 4) is 10.7 Å². The monoisotopic (exact) mass is 261 g/mol. The van der Waals surface area contributed by atoms with Gasteiger partial charge in [-0.3, -0.25) is 9.88 Å². The second-order valence-electron chi connectivity index (χ2n) is 4.54. The van der Waals surface area contributed by atoms with Gasteiger partial charge in [0.2, 0.25) is 0 Å². The summed E-state index contributed by atoms with van der Waals surface area (Å²) in [6, 6.07) is 5.85. The number of thiazole rings is 1. The normalized spacial score (nSPS) is 20.4. The van der Waals surface area contributed by atoms with E-state index in [9.17, 15) is 5.11 Å². The number of rotatable bonds is 3. The predicted octanol–water partition coefficient (Wildman–Crippen LogP) is 1.77. The third kappa shape index (κ3) is 2.58. The highest BCUT2D eigenvalue weighted by Gasteiger charge is 2.20. The maximum absolute atomic E-state index is 9.49. The molecule has 0 bridgehead atoms. The molecule has 1 N–H and O–H groups in total. The number of aliphatic hydroxyl groups is 1. The van der Waals surface area contributed by atoms with Crippen molar-refractivity contribution in [3.05, 3.63) is 35.5 Å². The zero-order chi connectivity index (χ0) is 12.4. The molecule has 2 aromatic heterocycles. The molecule has 94 valence electrons. The van der Waals surface area contributed by atoms with E-state index in [1.807, 2.05) is 18.2 Å². The molecule has 2 aromatic rings. The van der Waals surface area contributed by atoms with E-state index in [4.69, 9.17) is 0 Å². The molecule has 0 spiro atoms. The lowest BCUT2D eigenvalue weighted by Gasteiger charge is -2.12. The van der Waals surface area contributed by atoms with Gasteiger partial charge in [-0.1, -0.05) is 6.07 Å². The average Bonchev–Trinajstić information content (AvgIpc) is 3.01. The Bertz CT molecular complexity index is 514. The van der Waals surface area contributed by atoms with Gasteiger partial charge >= 0.3 is 0 Å². The number of likely N-dealkylation sites (tertiary alicyclic amines) is 1. The molecule has 1 fully saturated rings. The van der Waals surface area contributed by atoms with Crippen LogP contribution in [0.4, 0.5) is 0 Å². The third-order valence-corrected chi connectivity index (χ3v) is 3.98. The van der Waals surface area contributed by atoms with Crippen molar-refractivity contribution in [3.63, 3.8) is 0 Å². The summed E-state index contributed by atoms with van der Waals surface area (Å²) in [7, 11) is 0. The van der Waals surface area contributed by atoms with Crippen LogP contribution in [-0.4, -0.2) is 39.2 Å². The lowest BCUT2D eigenvalue weighted by atomic mass is 10.3. The summed E-state index contributed by atoms with van der Waals surface area (Å²) in [5, 5.41) is 12.5. The van der Waals surface area contributed by atoms with Gasteiger partial charge in [-0.15, -0.1) is 11.3 Å². The van der Waals surface area contributed by atoms with Crippen LogP contribution in [0.3, 0.4) is 0 Å². The molecule has 1 atom stereocenters. The van der Waals surface area contributed by atoms with Crippen LogP contribution in [0.15, 0.2) is 29.8 Å². The number of aliphatic hydroxyl groups excluding tert-OH is 1. The molecule has 0 amide bonds. The fourth-order valence-electron chi connectivity index (χ4n) is 2.17. The minimum atomic E-state index is -0.168. The predicted molar refractivity (Wildman–Crippen MR) is 71.2 cm³/mol. The van der Waals surface area contributed by atoms with Gasteiger partial charge in [-0.25, -0.2) is 4.98 Å². The molecule has 1 saturated heterocycles. The molecule has 3 heterocycles. The van der Waals surface area contributed by atoms with E-state index >= 15 is 0 Å². The maximum atomic E-state index is 9.49. The molecular formula is C13H15N3OS. The summed E-state index contributed by atoms with van der Waals surface area (Å²) < 4.78 is 0. The van der Waals surface area contributed by atoms with Crippen molar-refractivity contribution >= 4 is 11.3 Å². The van der Waals surface area contributed by atoms with Crippen molar-refractivity contribution in [2.75, 3.05) is 13.1 Å². The first-order valence-electron chi connectivity index (χ1n) is 6.07. The van der Waals surface area contributed by atoms with Crippen LogP contribution in [0.25, 0.3) is 10.7 Å². The topological polar surface area (TPSA) is 49.2 Å². The van der Waals surface area contributed by atoms with Crippen molar-refractivity contribution < 1.29 is 5.11 Å². The zero-order valence-electron chi connectivity index (χ0n) is 9.99. The molecule has 3 rings (SSSR count). The van der Waals surface area contributed by atoms with Gasteiger partial charge in [0.15, 0.2) is 0 Å². The number of hydrogen-bond acceptors (Lipinski definition) is 5. The Hall–Kier alpha value is -1.30. The average molecular weight is 261 g/mol. The number of nitrogens with zero attached hydrogens (tertiary/aromatic N) is 3. The first kappa shape index (κ1) is 11.8. The Morgan fingerprint density at radius 3 is 3.11 bits per heavy atom. The minimum Gasteiger partial charge on any atom is -0.392 e. The fraction of sp³-hybridized carbons (Fsp3) is 0.385. The number of β-amino-alcohol motifs (C(OH)–C–C–N with tert-alkyl or cyclic N) is 1. The van der Waals surface area contributed by atoms with Crippen LogP contribution in [0.2, 0.25) is 0 Å². The van der Waals surface area contributed by atoms with E-state index in [0.29, 0.717) is 0 Å². The highest BCUT2D eigenvalue weighted by Crippen LogP contribution is 2.22. The number of hydrogen-bond donors (Lipinski definition) is 1. The molecule has 5 heteroatoms. The van der Waals surface area contributed by atoms with Gasteiger partial charge in [0, 0.05) is 31.2 Å². The smallest absolute Gasteiger partial charge is 0.142 e. The maximum Gasteiger partial charge on any atom is 0.142 e. The van der Waals surface area contributed by atoms with Gasteiger partial charge in [-0.2, -0.15) is 0 Å². The summed E-state index contributed by atoms with van der Waals surface area (Å²) in [6.07, 6.45) is 2.49. The Labute approximate surface area is 110 Å². The molecule has 18 heavy (non-hydrogen) atoms. The quantitative estimate of drug-likeness (QED) is 0.915. The molecule has 1 unspecified atom stereocenters. The van der Waals surface area contributed by atoms with Crippen LogP contribution >= 0.6 is 11.3 Å². The van der Waals surface area contributed by atoms with Gasteiger partial charge in [0.1, 0.15) is 5.01 Å². The summed E-state index contributed by atoms with van der Waals surface area (Å²) in [5.41, 5.74) is 1.99. The molecular weight excluding hydrogens is 246 g/mol. The zero-order valence-corrected chi connectivity index (χ0v) is 10.8. The summed E-state index contributed by atoms with van der Waals surface area (Å²) in [5.74, 6) is 0. The first-order chi connectivity index (χ1) is 8.81. The molecule has 4 nitrogen and oxygen atoms in total. The second kappa shape index (κ2) is 5.14. The van der Waals surface area contributed by atoms with E-state index in [2.05, 4.69) is 20.2 Å². The molecule has 0 radical (unpaired) electrons. The molecule has 0 aliphatic carbocycles. The van der Waals surface area contributed by atoms with Crippen molar-refractivity contribution in [2.24, 2.45) is 0 Å². The fourth-order valence-corrected chi connectivity index (χ4v) is 2.96. The molecule has 1 aliphatic rings. The van der Waals surface area contributed by atoms with Crippen LogP contribution in [0.1, 0.15) is 12.1 Å². The van der Waals surface area contributed by atoms with Crippen LogP contribution in [0.5, 0.6) is 0 Å². The molecule has 0 saturated carbocycles. The molecule has 0 aromatic carbocycles. The van der Waals surface area contributed by atoms with E-state index in [1.54, 1.807) is 17.5 Å². The Kier molecular flexibility index (Phi) is 3.36. The van der Waals surface area contributed by atoms with Gasteiger partial charge in [-0.05, 0) is 18.6 Å². The van der Waals surface area contributed by atoms with E-state index in [-0.39, 0.29) is 6.10 Å². The summed E-state index contributed by atoms with van der Waals surface area (Å²) in [6.45, 7) is 2.54. The van der Waals surface area contributed by atoms with E-state index in [1.165, 1.54) is 0 Å². The summed E-state index contributed by atoms with van der Waals surface area (Å²) in [4.78, 5) is 11.1. The Balaban J connectivity index is 1.70. The third-order valence-electron chi connectivity index (χ3n) is 3.07. The van der Waals surface area contributed by atoms with Crippen LogP contribution < -0.4 is 0 Å². The number of aromatic nitrogens is 2. The Morgan fingerprint density at radius 2 is 2.39 bits per heavy atom. The van der Waals surface area contributed by atoms with E-state index in [0.717, 1.165) is 42.5 Å². The standard InChI is InChI=1S/C13H15N3OS/c17-11-4-6-16(8-11)7-10-9-18-13(15-10)12-3-1-2-5-14-12/h1-3,5,9,11,17H,4,6-8H2. The van der Waals surface area contributed by atoms with Gasteiger partial charge < -0.3 is 5.11 Å². The van der Waals surface area contributed by atoms with Gasteiger partial charge in [0.25, 0.3) is 0 Å². The second-order valence-corrected chi connectivity index (χ2v) is 5.39. The van der Waals surface area contributed by atoms with Crippen LogP contribution in [-0.2, 0) is 6.54 Å². The van der Waals surface area contributed by atoms with E-state index < -0.39 is 0 Å². The first-order valence-corrected chi connectivity index (χ1v) is 6.95. The highest BCUT2D eigenvalue weighted by molar-refractivity contribution is 7.13.